The van der Waals surface area contributed by atoms with Gasteiger partial charge in [-0.05, 0) is 43.3 Å². The lowest BCUT2D eigenvalue weighted by atomic mass is 10.3. The van der Waals surface area contributed by atoms with Crippen molar-refractivity contribution >= 4 is 22.7 Å². The monoisotopic (exact) mass is 260 g/mol. The van der Waals surface area contributed by atoms with E-state index < -0.39 is 0 Å². The highest BCUT2D eigenvalue weighted by atomic mass is 16.5. The highest BCUT2D eigenvalue weighted by Crippen LogP contribution is 2.14. The molecule has 0 saturated heterocycles. The van der Waals surface area contributed by atoms with Crippen LogP contribution >= 0.6 is 0 Å². The molecule has 0 unspecified atom stereocenters. The first-order valence-corrected chi connectivity index (χ1v) is 5.96. The van der Waals surface area contributed by atoms with Gasteiger partial charge in [0.2, 0.25) is 0 Å². The van der Waals surface area contributed by atoms with Gasteiger partial charge in [0.25, 0.3) is 0 Å². The molecule has 102 valence electrons. The summed E-state index contributed by atoms with van der Waals surface area (Å²) in [4.78, 5) is 0. The Labute approximate surface area is 113 Å². The summed E-state index contributed by atoms with van der Waals surface area (Å²) in [6, 6.07) is 14.3. The molecule has 0 spiro atoms. The summed E-state index contributed by atoms with van der Waals surface area (Å²) in [5, 5.41) is 10.4. The van der Waals surface area contributed by atoms with E-state index in [1.165, 1.54) is 0 Å². The van der Waals surface area contributed by atoms with E-state index in [9.17, 15) is 5.21 Å². The average molecular weight is 260 g/mol. The lowest BCUT2D eigenvalue weighted by Crippen LogP contribution is -2.16. The van der Waals surface area contributed by atoms with Crippen molar-refractivity contribution < 1.29 is 5.21 Å². The van der Waals surface area contributed by atoms with Gasteiger partial charge in [-0.25, -0.2) is 0 Å². The summed E-state index contributed by atoms with van der Waals surface area (Å²) in [5.41, 5.74) is 19.1. The molecule has 0 heterocycles. The molecule has 0 aliphatic carbocycles. The second-order valence-electron chi connectivity index (χ2n) is 3.98. The third kappa shape index (κ3) is 5.18. The van der Waals surface area contributed by atoms with Crippen molar-refractivity contribution in [3.8, 4) is 0 Å². The molecule has 0 fully saturated rings. The van der Waals surface area contributed by atoms with E-state index in [1.54, 1.807) is 36.4 Å². The maximum Gasteiger partial charge on any atom is 0.0654 e. The topological polar surface area (TPSA) is 102 Å². The Morgan fingerprint density at radius 1 is 0.895 bits per heavy atom. The van der Waals surface area contributed by atoms with Gasteiger partial charge in [0.1, 0.15) is 0 Å². The zero-order valence-corrected chi connectivity index (χ0v) is 11.0. The molecular formula is C14H20N4O. The second kappa shape index (κ2) is 7.13. The molecule has 2 aromatic rings. The SMILES string of the molecule is CCN(O)c1cccc(N)c1.Nc1cccc(N)c1. The number of nitrogens with two attached hydrogens (primary N) is 3. The smallest absolute Gasteiger partial charge is 0.0654 e. The van der Waals surface area contributed by atoms with E-state index in [4.69, 9.17) is 17.2 Å². The van der Waals surface area contributed by atoms with E-state index in [2.05, 4.69) is 0 Å². The normalized spacial score (nSPS) is 9.37. The number of benzene rings is 2. The summed E-state index contributed by atoms with van der Waals surface area (Å²) in [7, 11) is 0. The summed E-state index contributed by atoms with van der Waals surface area (Å²) in [6.45, 7) is 2.42. The lowest BCUT2D eigenvalue weighted by Gasteiger charge is -2.13. The summed E-state index contributed by atoms with van der Waals surface area (Å²) >= 11 is 0. The van der Waals surface area contributed by atoms with Crippen molar-refractivity contribution in [3.05, 3.63) is 48.5 Å². The zero-order chi connectivity index (χ0) is 14.3. The lowest BCUT2D eigenvalue weighted by molar-refractivity contribution is 0.260. The minimum absolute atomic E-state index is 0.559. The van der Waals surface area contributed by atoms with Crippen LogP contribution in [0.2, 0.25) is 0 Å². The Kier molecular flexibility index (Phi) is 5.50. The van der Waals surface area contributed by atoms with Crippen LogP contribution in [0.3, 0.4) is 0 Å². The van der Waals surface area contributed by atoms with Crippen molar-refractivity contribution in [2.24, 2.45) is 0 Å². The van der Waals surface area contributed by atoms with Gasteiger partial charge in [-0.2, -0.15) is 0 Å². The van der Waals surface area contributed by atoms with Crippen LogP contribution in [0.15, 0.2) is 48.5 Å². The van der Waals surface area contributed by atoms with Gasteiger partial charge >= 0.3 is 0 Å². The molecule has 0 bridgehead atoms. The maximum atomic E-state index is 9.23. The number of hydrogen-bond acceptors (Lipinski definition) is 5. The minimum Gasteiger partial charge on any atom is -0.399 e. The van der Waals surface area contributed by atoms with Crippen molar-refractivity contribution in [1.29, 1.82) is 0 Å². The molecule has 0 aliphatic rings. The predicted octanol–water partition coefficient (Wildman–Crippen LogP) is 2.34. The van der Waals surface area contributed by atoms with Crippen LogP contribution in [0, 0.1) is 0 Å². The quantitative estimate of drug-likeness (QED) is 0.490. The first-order valence-electron chi connectivity index (χ1n) is 5.96. The summed E-state index contributed by atoms with van der Waals surface area (Å²) < 4.78 is 0. The van der Waals surface area contributed by atoms with Crippen LogP contribution in [-0.4, -0.2) is 11.8 Å². The van der Waals surface area contributed by atoms with Crippen LogP contribution in [0.5, 0.6) is 0 Å². The van der Waals surface area contributed by atoms with Crippen molar-refractivity contribution in [2.75, 3.05) is 28.8 Å². The van der Waals surface area contributed by atoms with E-state index in [0.29, 0.717) is 23.6 Å². The molecular weight excluding hydrogens is 240 g/mol. The maximum absolute atomic E-state index is 9.23. The first kappa shape index (κ1) is 14.7. The fourth-order valence-electron chi connectivity index (χ4n) is 1.43. The fourth-order valence-corrected chi connectivity index (χ4v) is 1.43. The number of rotatable bonds is 2. The largest absolute Gasteiger partial charge is 0.399 e. The molecule has 7 N–H and O–H groups in total. The molecule has 0 atom stereocenters. The summed E-state index contributed by atoms with van der Waals surface area (Å²) in [6.07, 6.45) is 0. The third-order valence-electron chi connectivity index (χ3n) is 2.38. The Morgan fingerprint density at radius 3 is 1.74 bits per heavy atom. The van der Waals surface area contributed by atoms with Gasteiger partial charge in [0, 0.05) is 23.6 Å². The highest BCUT2D eigenvalue weighted by Gasteiger charge is 1.97. The van der Waals surface area contributed by atoms with Crippen LogP contribution in [0.4, 0.5) is 22.7 Å². The predicted molar refractivity (Wildman–Crippen MR) is 80.9 cm³/mol. The highest BCUT2D eigenvalue weighted by molar-refractivity contribution is 5.54. The van der Waals surface area contributed by atoms with Gasteiger partial charge in [-0.15, -0.1) is 0 Å². The average Bonchev–Trinajstić information content (AvgIpc) is 2.38. The van der Waals surface area contributed by atoms with Crippen molar-refractivity contribution in [1.82, 2.24) is 0 Å². The van der Waals surface area contributed by atoms with Gasteiger partial charge in [-0.3, -0.25) is 10.3 Å². The van der Waals surface area contributed by atoms with Crippen molar-refractivity contribution in [3.63, 3.8) is 0 Å². The number of hydrogen-bond donors (Lipinski definition) is 4. The van der Waals surface area contributed by atoms with E-state index in [-0.39, 0.29) is 0 Å². The Balaban J connectivity index is 0.000000200. The number of nitrogens with zero attached hydrogens (tertiary/aromatic N) is 1. The third-order valence-corrected chi connectivity index (χ3v) is 2.38. The molecule has 19 heavy (non-hydrogen) atoms. The molecule has 0 radical (unpaired) electrons. The minimum atomic E-state index is 0.559. The molecule has 0 amide bonds. The standard InChI is InChI=1S/C8H12N2O.C6H8N2/c1-2-10(11)8-5-3-4-7(9)6-8;7-5-2-1-3-6(8)4-5/h3-6,11H,2,9H2,1H3;1-4H,7-8H2. The Bertz CT molecular complexity index is 499. The number of hydroxylamine groups is 1. The fraction of sp³-hybridized carbons (Fsp3) is 0.143. The van der Waals surface area contributed by atoms with Gasteiger partial charge in [0.15, 0.2) is 0 Å². The van der Waals surface area contributed by atoms with E-state index in [1.807, 2.05) is 19.1 Å². The molecule has 5 heteroatoms. The Hall–Kier alpha value is -2.40. The van der Waals surface area contributed by atoms with Crippen LogP contribution in [0.1, 0.15) is 6.92 Å². The molecule has 0 saturated carbocycles. The van der Waals surface area contributed by atoms with Crippen LogP contribution in [0.25, 0.3) is 0 Å². The molecule has 2 aromatic carbocycles. The number of anilines is 4. The van der Waals surface area contributed by atoms with Crippen LogP contribution in [-0.2, 0) is 0 Å². The molecule has 2 rings (SSSR count). The van der Waals surface area contributed by atoms with Gasteiger partial charge in [0.05, 0.1) is 5.69 Å². The second-order valence-corrected chi connectivity index (χ2v) is 3.98. The van der Waals surface area contributed by atoms with E-state index >= 15 is 0 Å². The molecule has 5 nitrogen and oxygen atoms in total. The zero-order valence-electron chi connectivity index (χ0n) is 11.0. The molecule has 0 aliphatic heterocycles. The first-order chi connectivity index (χ1) is 9.02. The molecule has 0 aromatic heterocycles. The van der Waals surface area contributed by atoms with Gasteiger partial charge in [-0.1, -0.05) is 12.1 Å². The van der Waals surface area contributed by atoms with Crippen molar-refractivity contribution in [2.45, 2.75) is 6.92 Å². The summed E-state index contributed by atoms with van der Waals surface area (Å²) in [5.74, 6) is 0. The van der Waals surface area contributed by atoms with E-state index in [0.717, 1.165) is 10.8 Å². The van der Waals surface area contributed by atoms with Gasteiger partial charge < -0.3 is 17.2 Å². The van der Waals surface area contributed by atoms with Crippen LogP contribution < -0.4 is 22.3 Å². The number of nitrogen functional groups attached to an aromatic ring is 3. The Morgan fingerprint density at radius 2 is 1.37 bits per heavy atom.